The number of hydrogen-bond acceptors (Lipinski definition) is 7. The quantitative estimate of drug-likeness (QED) is 0.493. The molecule has 1 fully saturated rings. The van der Waals surface area contributed by atoms with Gasteiger partial charge < -0.3 is 4.74 Å². The Balaban J connectivity index is 1.27. The largest absolute Gasteiger partial charge is 0.478 e. The Morgan fingerprint density at radius 1 is 1.24 bits per heavy atom. The summed E-state index contributed by atoms with van der Waals surface area (Å²) in [7, 11) is 0. The van der Waals surface area contributed by atoms with Gasteiger partial charge in [0.15, 0.2) is 5.06 Å². The van der Waals surface area contributed by atoms with Crippen LogP contribution in [-0.2, 0) is 16.2 Å². The number of nitrogens with zero attached hydrogens (tertiary/aromatic N) is 3. The van der Waals surface area contributed by atoms with Crippen molar-refractivity contribution in [1.29, 1.82) is 0 Å². The number of fused-ring (bicyclic) bond motifs is 1. The Kier molecular flexibility index (Phi) is 4.61. The number of ether oxygens (including phenoxy) is 1. The number of aromatic nitrogens is 3. The van der Waals surface area contributed by atoms with Gasteiger partial charge in [0, 0.05) is 33.0 Å². The second-order valence-corrected chi connectivity index (χ2v) is 8.79. The highest BCUT2D eigenvalue weighted by Gasteiger charge is 2.29. The first-order valence-electron chi connectivity index (χ1n) is 9.10. The van der Waals surface area contributed by atoms with Crippen LogP contribution in [0.1, 0.15) is 23.8 Å². The molecule has 0 radical (unpaired) electrons. The van der Waals surface area contributed by atoms with Gasteiger partial charge in [-0.05, 0) is 23.9 Å². The van der Waals surface area contributed by atoms with E-state index >= 15 is 0 Å². The number of hydrogen-bond donors (Lipinski definition) is 1. The molecule has 146 valence electrons. The van der Waals surface area contributed by atoms with Crippen LogP contribution in [0.4, 0.5) is 0 Å². The average Bonchev–Trinajstić information content (AvgIpc) is 3.44. The van der Waals surface area contributed by atoms with Crippen molar-refractivity contribution < 1.29 is 14.3 Å². The number of nitrogens with one attached hydrogen (secondary N) is 1. The number of carbonyl (C=O) groups excluding carboxylic acids is 2. The van der Waals surface area contributed by atoms with Crippen molar-refractivity contribution in [1.82, 2.24) is 20.3 Å². The Morgan fingerprint density at radius 2 is 2.14 bits per heavy atom. The zero-order chi connectivity index (χ0) is 19.8. The van der Waals surface area contributed by atoms with Gasteiger partial charge in [0.05, 0.1) is 6.20 Å². The number of carbonyl (C=O) groups is 2. The molecule has 1 aliphatic rings. The van der Waals surface area contributed by atoms with Crippen molar-refractivity contribution in [2.24, 2.45) is 0 Å². The van der Waals surface area contributed by atoms with Crippen LogP contribution >= 0.6 is 22.7 Å². The summed E-state index contributed by atoms with van der Waals surface area (Å²) in [6, 6.07) is 11.9. The highest BCUT2D eigenvalue weighted by Crippen LogP contribution is 2.32. The fraction of sp³-hybridized carbons (Fsp3) is 0.200. The van der Waals surface area contributed by atoms with Crippen molar-refractivity contribution in [2.75, 3.05) is 0 Å². The molecule has 9 heteroatoms. The number of piperidine rings is 1. The molecule has 1 saturated heterocycles. The van der Waals surface area contributed by atoms with Crippen LogP contribution in [0.15, 0.2) is 48.0 Å². The van der Waals surface area contributed by atoms with Crippen molar-refractivity contribution in [3.05, 3.63) is 52.9 Å². The van der Waals surface area contributed by atoms with E-state index in [1.165, 1.54) is 31.0 Å². The third-order valence-corrected chi connectivity index (χ3v) is 6.67. The van der Waals surface area contributed by atoms with Crippen molar-refractivity contribution >= 4 is 44.6 Å². The van der Waals surface area contributed by atoms with Gasteiger partial charge in [-0.25, -0.2) is 4.68 Å². The molecule has 1 aliphatic heterocycles. The summed E-state index contributed by atoms with van der Waals surface area (Å²) in [6.07, 6.45) is 2.47. The monoisotopic (exact) mass is 424 g/mol. The Bertz CT molecular complexity index is 1180. The first-order valence-corrected chi connectivity index (χ1v) is 10.8. The minimum Gasteiger partial charge on any atom is -0.478 e. The fourth-order valence-electron chi connectivity index (χ4n) is 3.27. The Labute approximate surface area is 173 Å². The molecule has 29 heavy (non-hydrogen) atoms. The van der Waals surface area contributed by atoms with Gasteiger partial charge in [-0.2, -0.15) is 0 Å². The zero-order valence-electron chi connectivity index (χ0n) is 15.2. The van der Waals surface area contributed by atoms with Gasteiger partial charge in [0.2, 0.25) is 5.91 Å². The first-order chi connectivity index (χ1) is 14.2. The molecule has 0 spiro atoms. The molecule has 5 rings (SSSR count). The Morgan fingerprint density at radius 3 is 3.00 bits per heavy atom. The number of thiophene rings is 2. The van der Waals surface area contributed by atoms with Gasteiger partial charge in [0.25, 0.3) is 5.91 Å². The average molecular weight is 425 g/mol. The second kappa shape index (κ2) is 7.41. The fourth-order valence-corrected chi connectivity index (χ4v) is 5.00. The molecule has 2 amide bonds. The maximum absolute atomic E-state index is 12.0. The summed E-state index contributed by atoms with van der Waals surface area (Å²) in [5.74, 6) is -0.583. The van der Waals surface area contributed by atoms with E-state index in [0.29, 0.717) is 25.1 Å². The van der Waals surface area contributed by atoms with Crippen molar-refractivity contribution in [3.8, 4) is 16.3 Å². The Hall–Kier alpha value is -3.04. The van der Waals surface area contributed by atoms with Gasteiger partial charge in [-0.3, -0.25) is 14.9 Å². The lowest BCUT2D eigenvalue weighted by Gasteiger charge is -2.20. The molecular weight excluding hydrogens is 408 g/mol. The van der Waals surface area contributed by atoms with E-state index in [0.717, 1.165) is 10.6 Å². The third-order valence-electron chi connectivity index (χ3n) is 4.74. The minimum atomic E-state index is -0.503. The third kappa shape index (κ3) is 3.66. The predicted molar refractivity (Wildman–Crippen MR) is 111 cm³/mol. The molecule has 7 nitrogen and oxygen atoms in total. The SMILES string of the molecule is O=C1CCC(n2cc(-c3csc(OCc4cc5ccccc5s4)c3)nn2)C(=O)N1. The van der Waals surface area contributed by atoms with E-state index in [4.69, 9.17) is 4.74 Å². The molecule has 4 aromatic rings. The summed E-state index contributed by atoms with van der Waals surface area (Å²) in [5.41, 5.74) is 1.56. The van der Waals surface area contributed by atoms with Crippen LogP contribution < -0.4 is 10.1 Å². The summed E-state index contributed by atoms with van der Waals surface area (Å²) in [6.45, 7) is 0.516. The molecule has 1 aromatic carbocycles. The molecule has 0 aliphatic carbocycles. The second-order valence-electron chi connectivity index (χ2n) is 6.74. The molecular formula is C20H16N4O3S2. The van der Waals surface area contributed by atoms with Crippen LogP contribution in [-0.4, -0.2) is 26.8 Å². The van der Waals surface area contributed by atoms with Crippen molar-refractivity contribution in [2.45, 2.75) is 25.5 Å². The van der Waals surface area contributed by atoms with Gasteiger partial charge in [0.1, 0.15) is 18.3 Å². The minimum absolute atomic E-state index is 0.246. The van der Waals surface area contributed by atoms with Crippen molar-refractivity contribution in [3.63, 3.8) is 0 Å². The first kappa shape index (κ1) is 18.0. The molecule has 4 heterocycles. The van der Waals surface area contributed by atoms with Crippen LogP contribution in [0.2, 0.25) is 0 Å². The van der Waals surface area contributed by atoms with Crippen LogP contribution in [0.5, 0.6) is 5.06 Å². The molecule has 3 aromatic heterocycles. The summed E-state index contributed by atoms with van der Waals surface area (Å²) < 4.78 is 8.72. The maximum Gasteiger partial charge on any atom is 0.251 e. The smallest absolute Gasteiger partial charge is 0.251 e. The van der Waals surface area contributed by atoms with Gasteiger partial charge in [-0.1, -0.05) is 23.4 Å². The molecule has 1 atom stereocenters. The summed E-state index contributed by atoms with van der Waals surface area (Å²) in [4.78, 5) is 24.5. The molecule has 0 bridgehead atoms. The maximum atomic E-state index is 12.0. The highest BCUT2D eigenvalue weighted by molar-refractivity contribution is 7.19. The van der Waals surface area contributed by atoms with E-state index in [1.807, 2.05) is 23.6 Å². The normalized spacial score (nSPS) is 16.9. The van der Waals surface area contributed by atoms with E-state index in [9.17, 15) is 9.59 Å². The van der Waals surface area contributed by atoms with Crippen LogP contribution in [0.25, 0.3) is 21.3 Å². The lowest BCUT2D eigenvalue weighted by atomic mass is 10.1. The number of imide groups is 1. The lowest BCUT2D eigenvalue weighted by molar-refractivity contribution is -0.136. The molecule has 1 N–H and O–H groups in total. The van der Waals surface area contributed by atoms with E-state index in [2.05, 4.69) is 33.8 Å². The highest BCUT2D eigenvalue weighted by atomic mass is 32.1. The standard InChI is InChI=1S/C20H16N4O3S2/c25-18-6-5-16(20(26)21-18)24-9-15(22-23-24)13-8-19(28-11-13)27-10-14-7-12-3-1-2-4-17(12)29-14/h1-4,7-9,11,16H,5-6,10H2,(H,21,25,26). The van der Waals surface area contributed by atoms with Gasteiger partial charge in [-0.15, -0.1) is 27.8 Å². The van der Waals surface area contributed by atoms with Crippen LogP contribution in [0.3, 0.4) is 0 Å². The van der Waals surface area contributed by atoms with Crippen LogP contribution in [0, 0.1) is 0 Å². The molecule has 1 unspecified atom stereocenters. The van der Waals surface area contributed by atoms with E-state index in [-0.39, 0.29) is 11.8 Å². The molecule has 0 saturated carbocycles. The lowest BCUT2D eigenvalue weighted by Crippen LogP contribution is -2.41. The van der Waals surface area contributed by atoms with E-state index < -0.39 is 6.04 Å². The van der Waals surface area contributed by atoms with Gasteiger partial charge >= 0.3 is 0 Å². The number of benzene rings is 1. The summed E-state index contributed by atoms with van der Waals surface area (Å²) in [5, 5.41) is 14.6. The predicted octanol–water partition coefficient (Wildman–Crippen LogP) is 3.78. The van der Waals surface area contributed by atoms with E-state index in [1.54, 1.807) is 17.5 Å². The zero-order valence-corrected chi connectivity index (χ0v) is 16.8. The summed E-state index contributed by atoms with van der Waals surface area (Å²) >= 11 is 3.23. The topological polar surface area (TPSA) is 86.1 Å². The number of amides is 2. The number of rotatable bonds is 5.